The van der Waals surface area contributed by atoms with E-state index in [0.717, 1.165) is 11.8 Å². The molecule has 0 aliphatic rings. The Hall–Kier alpha value is -2.09. The Kier molecular flexibility index (Phi) is 3.24. The smallest absolute Gasteiger partial charge is 0.142 e. The average Bonchev–Trinajstić information content (AvgIpc) is 2.75. The van der Waals surface area contributed by atoms with E-state index in [0.29, 0.717) is 0 Å². The topological polar surface area (TPSA) is 22.0 Å². The van der Waals surface area contributed by atoms with E-state index >= 15 is 0 Å². The average molecular weight is 225 g/mol. The maximum Gasteiger partial charge on any atom is 0.142 e. The predicted molar refractivity (Wildman–Crippen MR) is 70.3 cm³/mol. The zero-order valence-corrected chi connectivity index (χ0v) is 10.1. The van der Waals surface area contributed by atoms with Crippen molar-refractivity contribution in [3.63, 3.8) is 0 Å². The van der Waals surface area contributed by atoms with Crippen LogP contribution in [0.2, 0.25) is 0 Å². The van der Waals surface area contributed by atoms with Crippen molar-refractivity contribution in [2.24, 2.45) is 0 Å². The number of carbonyl (C=O) groups excluding carboxylic acids is 1. The van der Waals surface area contributed by atoms with Crippen LogP contribution in [0.4, 0.5) is 0 Å². The van der Waals surface area contributed by atoms with Crippen LogP contribution in [0, 0.1) is 13.8 Å². The lowest BCUT2D eigenvalue weighted by atomic mass is 10.1. The maximum absolute atomic E-state index is 10.3. The van der Waals surface area contributed by atoms with Crippen molar-refractivity contribution in [2.75, 3.05) is 0 Å². The van der Waals surface area contributed by atoms with Crippen LogP contribution in [0.3, 0.4) is 0 Å². The van der Waals surface area contributed by atoms with Gasteiger partial charge in [-0.2, -0.15) is 0 Å². The summed E-state index contributed by atoms with van der Waals surface area (Å²) in [6, 6.07) is 8.25. The van der Waals surface area contributed by atoms with Gasteiger partial charge in [0, 0.05) is 12.4 Å². The summed E-state index contributed by atoms with van der Waals surface area (Å²) in [6.07, 6.45) is 8.13. The summed E-state index contributed by atoms with van der Waals surface area (Å²) in [5.74, 6) is 0. The molecule has 2 rings (SSSR count). The minimum Gasteiger partial charge on any atom is -0.323 e. The van der Waals surface area contributed by atoms with Gasteiger partial charge in [0.25, 0.3) is 0 Å². The summed E-state index contributed by atoms with van der Waals surface area (Å²) in [5.41, 5.74) is 4.72. The number of hydrogen-bond acceptors (Lipinski definition) is 1. The predicted octanol–water partition coefficient (Wildman–Crippen LogP) is 3.31. The SMILES string of the molecule is Cc1cccc(C)c1-n1ccc(C=CC=O)c1. The summed E-state index contributed by atoms with van der Waals surface area (Å²) >= 11 is 0. The van der Waals surface area contributed by atoms with Crippen LogP contribution < -0.4 is 0 Å². The lowest BCUT2D eigenvalue weighted by Gasteiger charge is -2.10. The minimum absolute atomic E-state index is 0.788. The van der Waals surface area contributed by atoms with Crippen molar-refractivity contribution in [3.05, 3.63) is 59.4 Å². The van der Waals surface area contributed by atoms with E-state index in [1.165, 1.54) is 22.9 Å². The second kappa shape index (κ2) is 4.83. The van der Waals surface area contributed by atoms with Gasteiger partial charge < -0.3 is 4.57 Å². The molecule has 0 N–H and O–H groups in total. The Morgan fingerprint density at radius 3 is 2.47 bits per heavy atom. The first-order valence-electron chi connectivity index (χ1n) is 5.59. The van der Waals surface area contributed by atoms with Gasteiger partial charge in [-0.15, -0.1) is 0 Å². The number of hydrogen-bond donors (Lipinski definition) is 0. The Morgan fingerprint density at radius 1 is 1.12 bits per heavy atom. The second-order valence-electron chi connectivity index (χ2n) is 4.09. The molecule has 0 saturated heterocycles. The third-order valence-electron chi connectivity index (χ3n) is 2.78. The summed E-state index contributed by atoms with van der Waals surface area (Å²) < 4.78 is 2.09. The molecule has 1 aromatic carbocycles. The van der Waals surface area contributed by atoms with Crippen LogP contribution in [0.25, 0.3) is 11.8 Å². The molecule has 2 heteroatoms. The standard InChI is InChI=1S/C15H15NO/c1-12-5-3-6-13(2)15(12)16-9-8-14(11-16)7-4-10-17/h3-11H,1-2H3. The fourth-order valence-corrected chi connectivity index (χ4v) is 2.01. The molecule has 0 aliphatic carbocycles. The Morgan fingerprint density at radius 2 is 1.82 bits per heavy atom. The van der Waals surface area contributed by atoms with Gasteiger partial charge >= 0.3 is 0 Å². The maximum atomic E-state index is 10.3. The van der Waals surface area contributed by atoms with E-state index in [1.807, 2.05) is 18.5 Å². The van der Waals surface area contributed by atoms with Gasteiger partial charge in [0.1, 0.15) is 6.29 Å². The number of aromatic nitrogens is 1. The van der Waals surface area contributed by atoms with Crippen LogP contribution in [0.5, 0.6) is 0 Å². The van der Waals surface area contributed by atoms with Crippen molar-refractivity contribution in [1.82, 2.24) is 4.57 Å². The summed E-state index contributed by atoms with van der Waals surface area (Å²) in [6.45, 7) is 4.20. The zero-order chi connectivity index (χ0) is 12.3. The first-order valence-corrected chi connectivity index (χ1v) is 5.59. The Bertz CT molecular complexity index is 544. The third-order valence-corrected chi connectivity index (χ3v) is 2.78. The zero-order valence-electron chi connectivity index (χ0n) is 10.1. The molecule has 0 unspecified atom stereocenters. The molecule has 1 heterocycles. The molecule has 0 spiro atoms. The molecular weight excluding hydrogens is 210 g/mol. The highest BCUT2D eigenvalue weighted by Crippen LogP contribution is 2.20. The number of nitrogens with zero attached hydrogens (tertiary/aromatic N) is 1. The lowest BCUT2D eigenvalue weighted by Crippen LogP contribution is -1.96. The van der Waals surface area contributed by atoms with Crippen molar-refractivity contribution >= 4 is 12.4 Å². The number of aryl methyl sites for hydroxylation is 2. The van der Waals surface area contributed by atoms with Crippen LogP contribution in [-0.4, -0.2) is 10.9 Å². The van der Waals surface area contributed by atoms with E-state index in [9.17, 15) is 4.79 Å². The molecule has 0 saturated carbocycles. The van der Waals surface area contributed by atoms with Crippen molar-refractivity contribution in [1.29, 1.82) is 0 Å². The van der Waals surface area contributed by atoms with Gasteiger partial charge in [-0.1, -0.05) is 24.3 Å². The Balaban J connectivity index is 2.43. The number of carbonyl (C=O) groups is 1. The minimum atomic E-state index is 0.788. The van der Waals surface area contributed by atoms with Gasteiger partial charge in [0.2, 0.25) is 0 Å². The van der Waals surface area contributed by atoms with Crippen molar-refractivity contribution < 1.29 is 4.79 Å². The molecular formula is C15H15NO. The van der Waals surface area contributed by atoms with Crippen LogP contribution in [0.1, 0.15) is 16.7 Å². The number of benzene rings is 1. The summed E-state index contributed by atoms with van der Waals surface area (Å²) in [7, 11) is 0. The molecule has 2 aromatic rings. The molecule has 0 aliphatic heterocycles. The van der Waals surface area contributed by atoms with Crippen LogP contribution >= 0.6 is 0 Å². The van der Waals surface area contributed by atoms with Gasteiger partial charge in [-0.05, 0) is 42.7 Å². The van der Waals surface area contributed by atoms with Crippen LogP contribution in [0.15, 0.2) is 42.7 Å². The largest absolute Gasteiger partial charge is 0.323 e. The molecule has 0 bridgehead atoms. The van der Waals surface area contributed by atoms with E-state index < -0.39 is 0 Å². The van der Waals surface area contributed by atoms with Gasteiger partial charge in [0.05, 0.1) is 5.69 Å². The molecule has 0 fully saturated rings. The van der Waals surface area contributed by atoms with Gasteiger partial charge in [-0.25, -0.2) is 0 Å². The number of rotatable bonds is 3. The van der Waals surface area contributed by atoms with E-state index in [1.54, 1.807) is 6.08 Å². The molecule has 2 nitrogen and oxygen atoms in total. The second-order valence-corrected chi connectivity index (χ2v) is 4.09. The number of aldehydes is 1. The van der Waals surface area contributed by atoms with Crippen molar-refractivity contribution in [3.8, 4) is 5.69 Å². The summed E-state index contributed by atoms with van der Waals surface area (Å²) in [5, 5.41) is 0. The fraction of sp³-hybridized carbons (Fsp3) is 0.133. The first kappa shape index (κ1) is 11.4. The Labute approximate surface area is 101 Å². The van der Waals surface area contributed by atoms with Crippen LogP contribution in [-0.2, 0) is 4.79 Å². The quantitative estimate of drug-likeness (QED) is 0.580. The van der Waals surface area contributed by atoms with E-state index in [2.05, 4.69) is 36.6 Å². The lowest BCUT2D eigenvalue weighted by molar-refractivity contribution is -0.104. The normalized spacial score (nSPS) is 10.9. The highest BCUT2D eigenvalue weighted by atomic mass is 16.1. The van der Waals surface area contributed by atoms with E-state index in [4.69, 9.17) is 0 Å². The fourth-order valence-electron chi connectivity index (χ4n) is 2.01. The summed E-state index contributed by atoms with van der Waals surface area (Å²) in [4.78, 5) is 10.3. The molecule has 0 amide bonds. The molecule has 0 radical (unpaired) electrons. The van der Waals surface area contributed by atoms with Gasteiger partial charge in [0.15, 0.2) is 0 Å². The first-order chi connectivity index (χ1) is 8.22. The number of allylic oxidation sites excluding steroid dienone is 1. The molecule has 86 valence electrons. The highest BCUT2D eigenvalue weighted by molar-refractivity contribution is 5.73. The highest BCUT2D eigenvalue weighted by Gasteiger charge is 2.04. The molecule has 1 aromatic heterocycles. The van der Waals surface area contributed by atoms with Gasteiger partial charge in [-0.3, -0.25) is 4.79 Å². The molecule has 0 atom stereocenters. The monoisotopic (exact) mass is 225 g/mol. The van der Waals surface area contributed by atoms with Crippen molar-refractivity contribution in [2.45, 2.75) is 13.8 Å². The molecule has 17 heavy (non-hydrogen) atoms. The number of para-hydroxylation sites is 1. The third kappa shape index (κ3) is 2.36. The van der Waals surface area contributed by atoms with E-state index in [-0.39, 0.29) is 0 Å².